The predicted octanol–water partition coefficient (Wildman–Crippen LogP) is 2.05. The molecular formula is C21H26N4O6. The molecule has 1 aliphatic heterocycles. The van der Waals surface area contributed by atoms with E-state index in [0.717, 1.165) is 19.4 Å². The number of aromatic nitrogens is 1. The van der Waals surface area contributed by atoms with E-state index in [-0.39, 0.29) is 42.0 Å². The third-order valence-electron chi connectivity index (χ3n) is 6.04. The van der Waals surface area contributed by atoms with Gasteiger partial charge < -0.3 is 14.6 Å². The second-order valence-corrected chi connectivity index (χ2v) is 8.40. The van der Waals surface area contributed by atoms with Gasteiger partial charge in [0, 0.05) is 38.7 Å². The topological polar surface area (TPSA) is 128 Å². The van der Waals surface area contributed by atoms with Crippen molar-refractivity contribution in [2.24, 2.45) is 11.8 Å². The number of benzene rings is 1. The molecule has 1 aliphatic carbocycles. The first-order valence-electron chi connectivity index (χ1n) is 10.8. The first-order chi connectivity index (χ1) is 14.9. The molecule has 1 aromatic heterocycles. The third-order valence-corrected chi connectivity index (χ3v) is 6.04. The lowest BCUT2D eigenvalue weighted by molar-refractivity contribution is -0.384. The molecule has 2 amide bonds. The molecule has 31 heavy (non-hydrogen) atoms. The minimum absolute atomic E-state index is 0.0313. The van der Waals surface area contributed by atoms with Gasteiger partial charge in [-0.25, -0.2) is 4.79 Å². The van der Waals surface area contributed by atoms with Crippen LogP contribution in [-0.4, -0.2) is 45.8 Å². The number of hydrogen-bond acceptors (Lipinski definition) is 6. The summed E-state index contributed by atoms with van der Waals surface area (Å²) in [7, 11) is 0. The Morgan fingerprint density at radius 2 is 2.06 bits per heavy atom. The quantitative estimate of drug-likeness (QED) is 0.504. The standard InChI is InChI=1S/C21H26N4O6/c26-19(23-9-1-3-15(13-23)20(27)22-12-14-5-6-14)4-2-10-24-17-8-7-16(25(29)30)11-18(17)31-21(24)28/h7-8,11,14-15H,1-6,9-10,12-13H2,(H,22,27)/t15-/m1/s1. The van der Waals surface area contributed by atoms with Crippen LogP contribution in [0.25, 0.3) is 11.1 Å². The van der Waals surface area contributed by atoms with Crippen molar-refractivity contribution < 1.29 is 18.9 Å². The molecule has 0 unspecified atom stereocenters. The summed E-state index contributed by atoms with van der Waals surface area (Å²) < 4.78 is 6.50. The van der Waals surface area contributed by atoms with Gasteiger partial charge in [0.15, 0.2) is 5.58 Å². The van der Waals surface area contributed by atoms with Crippen LogP contribution < -0.4 is 11.1 Å². The van der Waals surface area contributed by atoms with Crippen molar-refractivity contribution in [3.05, 3.63) is 38.9 Å². The fourth-order valence-electron chi connectivity index (χ4n) is 4.06. The molecule has 1 atom stereocenters. The van der Waals surface area contributed by atoms with E-state index in [1.807, 2.05) is 0 Å². The van der Waals surface area contributed by atoms with Crippen LogP contribution in [0.5, 0.6) is 0 Å². The molecule has 2 heterocycles. The number of nitrogens with one attached hydrogen (secondary N) is 1. The van der Waals surface area contributed by atoms with E-state index in [1.165, 1.54) is 35.6 Å². The Bertz CT molecular complexity index is 1050. The van der Waals surface area contributed by atoms with Crippen molar-refractivity contribution in [2.75, 3.05) is 19.6 Å². The number of nitro benzene ring substituents is 1. The molecule has 0 spiro atoms. The molecule has 1 saturated carbocycles. The van der Waals surface area contributed by atoms with Gasteiger partial charge in [0.25, 0.3) is 5.69 Å². The number of hydrogen-bond donors (Lipinski definition) is 1. The van der Waals surface area contributed by atoms with Gasteiger partial charge >= 0.3 is 5.76 Å². The summed E-state index contributed by atoms with van der Waals surface area (Å²) in [6.45, 7) is 2.09. The van der Waals surface area contributed by atoms with Gasteiger partial charge in [0.05, 0.1) is 22.4 Å². The summed E-state index contributed by atoms with van der Waals surface area (Å²) in [5.74, 6) is -0.133. The Labute approximate surface area is 178 Å². The number of fused-ring (bicyclic) bond motifs is 1. The minimum atomic E-state index is -0.603. The van der Waals surface area contributed by atoms with Crippen molar-refractivity contribution in [3.8, 4) is 0 Å². The van der Waals surface area contributed by atoms with Crippen molar-refractivity contribution in [1.82, 2.24) is 14.8 Å². The Hall–Kier alpha value is -3.17. The monoisotopic (exact) mass is 430 g/mol. The van der Waals surface area contributed by atoms with E-state index in [9.17, 15) is 24.5 Å². The molecule has 166 valence electrons. The highest BCUT2D eigenvalue weighted by molar-refractivity contribution is 5.81. The Kier molecular flexibility index (Phi) is 6.06. The number of nitrogens with zero attached hydrogens (tertiary/aromatic N) is 3. The van der Waals surface area contributed by atoms with E-state index < -0.39 is 10.7 Å². The lowest BCUT2D eigenvalue weighted by Crippen LogP contribution is -2.45. The molecule has 2 fully saturated rings. The molecule has 10 nitrogen and oxygen atoms in total. The SMILES string of the molecule is O=C(NCC1CC1)[C@@H]1CCCN(C(=O)CCCn2c(=O)oc3cc([N+](=O)[O-])ccc32)C1. The molecule has 10 heteroatoms. The first kappa shape index (κ1) is 21.1. The maximum Gasteiger partial charge on any atom is 0.419 e. The third kappa shape index (κ3) is 4.95. The second-order valence-electron chi connectivity index (χ2n) is 8.40. The zero-order valence-electron chi connectivity index (χ0n) is 17.2. The van der Waals surface area contributed by atoms with Gasteiger partial charge in [-0.2, -0.15) is 0 Å². The van der Waals surface area contributed by atoms with E-state index in [1.54, 1.807) is 4.90 Å². The summed E-state index contributed by atoms with van der Waals surface area (Å²) in [4.78, 5) is 49.2. The fourth-order valence-corrected chi connectivity index (χ4v) is 4.06. The van der Waals surface area contributed by atoms with Crippen LogP contribution in [0.1, 0.15) is 38.5 Å². The van der Waals surface area contributed by atoms with E-state index >= 15 is 0 Å². The van der Waals surface area contributed by atoms with Gasteiger partial charge in [0.2, 0.25) is 11.8 Å². The molecule has 2 aromatic rings. The summed E-state index contributed by atoms with van der Waals surface area (Å²) in [6, 6.07) is 4.03. The number of amides is 2. The van der Waals surface area contributed by atoms with Gasteiger partial charge in [-0.1, -0.05) is 0 Å². The molecule has 0 radical (unpaired) electrons. The van der Waals surface area contributed by atoms with Crippen LogP contribution >= 0.6 is 0 Å². The molecule has 4 rings (SSSR count). The zero-order valence-corrected chi connectivity index (χ0v) is 17.2. The van der Waals surface area contributed by atoms with Gasteiger partial charge in [0.1, 0.15) is 0 Å². The zero-order chi connectivity index (χ0) is 22.0. The maximum absolute atomic E-state index is 12.6. The van der Waals surface area contributed by atoms with Crippen LogP contribution in [0, 0.1) is 22.0 Å². The normalized spacial score (nSPS) is 18.8. The largest absolute Gasteiger partial charge is 0.419 e. The van der Waals surface area contributed by atoms with Crippen LogP contribution in [0.3, 0.4) is 0 Å². The highest BCUT2D eigenvalue weighted by atomic mass is 16.6. The van der Waals surface area contributed by atoms with Crippen LogP contribution in [0.15, 0.2) is 27.4 Å². The summed E-state index contributed by atoms with van der Waals surface area (Å²) in [5.41, 5.74) is 0.472. The highest BCUT2D eigenvalue weighted by Crippen LogP contribution is 2.28. The summed E-state index contributed by atoms with van der Waals surface area (Å²) in [6.07, 6.45) is 4.64. The van der Waals surface area contributed by atoms with E-state index in [4.69, 9.17) is 4.42 Å². The molecule has 2 aliphatic rings. The second kappa shape index (κ2) is 8.91. The van der Waals surface area contributed by atoms with Crippen molar-refractivity contribution in [1.29, 1.82) is 0 Å². The first-order valence-corrected chi connectivity index (χ1v) is 10.8. The predicted molar refractivity (Wildman–Crippen MR) is 111 cm³/mol. The lowest BCUT2D eigenvalue weighted by atomic mass is 9.96. The number of oxazole rings is 1. The number of aryl methyl sites for hydroxylation is 1. The number of rotatable bonds is 8. The van der Waals surface area contributed by atoms with Gasteiger partial charge in [-0.05, 0) is 44.1 Å². The average Bonchev–Trinajstić information content (AvgIpc) is 3.54. The molecule has 0 bridgehead atoms. The van der Waals surface area contributed by atoms with Crippen molar-refractivity contribution in [3.63, 3.8) is 0 Å². The summed E-state index contributed by atoms with van der Waals surface area (Å²) >= 11 is 0. The van der Waals surface area contributed by atoms with Gasteiger partial charge in [-0.3, -0.25) is 24.3 Å². The number of piperidine rings is 1. The highest BCUT2D eigenvalue weighted by Gasteiger charge is 2.29. The molecule has 1 saturated heterocycles. The Morgan fingerprint density at radius 1 is 1.26 bits per heavy atom. The summed E-state index contributed by atoms with van der Waals surface area (Å²) in [5, 5.41) is 13.9. The van der Waals surface area contributed by atoms with Crippen LogP contribution in [-0.2, 0) is 16.1 Å². The maximum atomic E-state index is 12.6. The Morgan fingerprint density at radius 3 is 2.81 bits per heavy atom. The van der Waals surface area contributed by atoms with Crippen molar-refractivity contribution in [2.45, 2.75) is 45.1 Å². The number of nitro groups is 1. The number of non-ortho nitro benzene ring substituents is 1. The molecule has 1 N–H and O–H groups in total. The van der Waals surface area contributed by atoms with Crippen molar-refractivity contribution >= 4 is 28.6 Å². The minimum Gasteiger partial charge on any atom is -0.407 e. The number of carbonyl (C=O) groups is 2. The van der Waals surface area contributed by atoms with Crippen LogP contribution in [0.2, 0.25) is 0 Å². The van der Waals surface area contributed by atoms with Crippen LogP contribution in [0.4, 0.5) is 5.69 Å². The fraction of sp³-hybridized carbons (Fsp3) is 0.571. The molecular weight excluding hydrogens is 404 g/mol. The van der Waals surface area contributed by atoms with Gasteiger partial charge in [-0.15, -0.1) is 0 Å². The van der Waals surface area contributed by atoms with E-state index in [2.05, 4.69) is 5.32 Å². The smallest absolute Gasteiger partial charge is 0.407 e. The Balaban J connectivity index is 1.30. The lowest BCUT2D eigenvalue weighted by Gasteiger charge is -2.32. The van der Waals surface area contributed by atoms with E-state index in [0.29, 0.717) is 30.9 Å². The molecule has 1 aromatic carbocycles. The number of likely N-dealkylation sites (tertiary alicyclic amines) is 1. The average molecular weight is 430 g/mol. The number of carbonyl (C=O) groups excluding carboxylic acids is 2.